The SMILES string of the molecule is Cc1cc(C)c(C2C(=O)CC(CCNC(=O)NC(=O)c3ccc(OC(F)(F)F)cc3)C2=O)c(C)c1. The van der Waals surface area contributed by atoms with Gasteiger partial charge >= 0.3 is 12.4 Å². The third-order valence-electron chi connectivity index (χ3n) is 5.84. The van der Waals surface area contributed by atoms with Crippen LogP contribution in [0.25, 0.3) is 0 Å². The largest absolute Gasteiger partial charge is 0.573 e. The number of carbonyl (C=O) groups is 4. The highest BCUT2D eigenvalue weighted by atomic mass is 19.4. The fourth-order valence-electron chi connectivity index (χ4n) is 4.44. The third-order valence-corrected chi connectivity index (χ3v) is 5.84. The van der Waals surface area contributed by atoms with Crippen molar-refractivity contribution in [3.8, 4) is 5.75 Å². The van der Waals surface area contributed by atoms with Gasteiger partial charge in [0.05, 0.1) is 0 Å². The summed E-state index contributed by atoms with van der Waals surface area (Å²) in [6, 6.07) is 7.13. The van der Waals surface area contributed by atoms with Crippen molar-refractivity contribution >= 4 is 23.5 Å². The number of ether oxygens (including phenoxy) is 1. The number of amides is 3. The number of rotatable bonds is 6. The molecule has 2 atom stereocenters. The van der Waals surface area contributed by atoms with Crippen LogP contribution < -0.4 is 15.4 Å². The maximum absolute atomic E-state index is 13.0. The van der Waals surface area contributed by atoms with Gasteiger partial charge in [0.1, 0.15) is 17.5 Å². The van der Waals surface area contributed by atoms with Crippen molar-refractivity contribution in [1.82, 2.24) is 10.6 Å². The lowest BCUT2D eigenvalue weighted by molar-refractivity contribution is -0.274. The number of nitrogens with one attached hydrogen (secondary N) is 2. The Morgan fingerprint density at radius 3 is 2.20 bits per heavy atom. The summed E-state index contributed by atoms with van der Waals surface area (Å²) in [6.07, 6.45) is -4.53. The van der Waals surface area contributed by atoms with Crippen molar-refractivity contribution in [2.45, 2.75) is 45.9 Å². The zero-order chi connectivity index (χ0) is 25.9. The molecule has 35 heavy (non-hydrogen) atoms. The van der Waals surface area contributed by atoms with Gasteiger partial charge in [-0.2, -0.15) is 0 Å². The summed E-state index contributed by atoms with van der Waals surface area (Å²) in [7, 11) is 0. The van der Waals surface area contributed by atoms with Crippen molar-refractivity contribution in [3.63, 3.8) is 0 Å². The quantitative estimate of drug-likeness (QED) is 0.589. The number of benzene rings is 2. The van der Waals surface area contributed by atoms with Crippen LogP contribution in [0.5, 0.6) is 5.75 Å². The predicted molar refractivity (Wildman–Crippen MR) is 120 cm³/mol. The number of urea groups is 1. The van der Waals surface area contributed by atoms with Crippen LogP contribution in [-0.4, -0.2) is 36.4 Å². The average Bonchev–Trinajstić information content (AvgIpc) is 3.00. The van der Waals surface area contributed by atoms with Gasteiger partial charge in [0.15, 0.2) is 5.78 Å². The lowest BCUT2D eigenvalue weighted by Gasteiger charge is -2.16. The van der Waals surface area contributed by atoms with Gasteiger partial charge in [0, 0.05) is 24.4 Å². The first-order valence-electron chi connectivity index (χ1n) is 10.9. The summed E-state index contributed by atoms with van der Waals surface area (Å²) < 4.78 is 40.4. The number of hydrogen-bond acceptors (Lipinski definition) is 5. The lowest BCUT2D eigenvalue weighted by atomic mass is 9.86. The first-order valence-corrected chi connectivity index (χ1v) is 10.9. The number of halogens is 3. The first kappa shape index (κ1) is 25.9. The van der Waals surface area contributed by atoms with E-state index in [2.05, 4.69) is 15.4 Å². The molecule has 3 amide bonds. The number of aryl methyl sites for hydroxylation is 3. The van der Waals surface area contributed by atoms with Crippen molar-refractivity contribution in [3.05, 3.63) is 64.2 Å². The highest BCUT2D eigenvalue weighted by Crippen LogP contribution is 2.37. The Kier molecular flexibility index (Phi) is 7.62. The molecule has 2 N–H and O–H groups in total. The maximum atomic E-state index is 13.0. The summed E-state index contributed by atoms with van der Waals surface area (Å²) in [4.78, 5) is 49.8. The second kappa shape index (κ2) is 10.3. The molecule has 0 saturated heterocycles. The minimum absolute atomic E-state index is 0.0436. The van der Waals surface area contributed by atoms with Crippen LogP contribution in [0.2, 0.25) is 0 Å². The van der Waals surface area contributed by atoms with E-state index in [-0.39, 0.29) is 36.5 Å². The van der Waals surface area contributed by atoms with Crippen molar-refractivity contribution < 1.29 is 37.1 Å². The molecule has 10 heteroatoms. The smallest absolute Gasteiger partial charge is 0.406 e. The minimum Gasteiger partial charge on any atom is -0.406 e. The monoisotopic (exact) mass is 490 g/mol. The van der Waals surface area contributed by atoms with E-state index in [4.69, 9.17) is 0 Å². The second-order valence-corrected chi connectivity index (χ2v) is 8.59. The molecule has 186 valence electrons. The van der Waals surface area contributed by atoms with Gasteiger partial charge in [-0.25, -0.2) is 4.79 Å². The average molecular weight is 490 g/mol. The second-order valence-electron chi connectivity index (χ2n) is 8.59. The van der Waals surface area contributed by atoms with Crippen LogP contribution >= 0.6 is 0 Å². The van der Waals surface area contributed by atoms with Gasteiger partial charge in [-0.05, 0) is 68.1 Å². The van der Waals surface area contributed by atoms with Crippen LogP contribution in [0.4, 0.5) is 18.0 Å². The highest BCUT2D eigenvalue weighted by molar-refractivity contribution is 6.15. The predicted octanol–water partition coefficient (Wildman–Crippen LogP) is 4.28. The van der Waals surface area contributed by atoms with E-state index in [1.54, 1.807) is 0 Å². The topological polar surface area (TPSA) is 102 Å². The number of hydrogen-bond donors (Lipinski definition) is 2. The van der Waals surface area contributed by atoms with Crippen molar-refractivity contribution in [2.24, 2.45) is 5.92 Å². The van der Waals surface area contributed by atoms with Gasteiger partial charge in [-0.1, -0.05) is 17.7 Å². The van der Waals surface area contributed by atoms with E-state index in [1.165, 1.54) is 0 Å². The number of ketones is 2. The molecule has 1 aliphatic rings. The number of carbonyl (C=O) groups excluding carboxylic acids is 4. The fraction of sp³-hybridized carbons (Fsp3) is 0.360. The van der Waals surface area contributed by atoms with Gasteiger partial charge in [-0.3, -0.25) is 19.7 Å². The molecule has 0 heterocycles. The molecule has 7 nitrogen and oxygen atoms in total. The summed E-state index contributed by atoms with van der Waals surface area (Å²) in [6.45, 7) is 5.76. The molecule has 2 unspecified atom stereocenters. The Bertz CT molecular complexity index is 1140. The van der Waals surface area contributed by atoms with Crippen LogP contribution in [0.15, 0.2) is 36.4 Å². The normalized spacial score (nSPS) is 17.9. The number of alkyl halides is 3. The molecular formula is C25H25F3N2O5. The summed E-state index contributed by atoms with van der Waals surface area (Å²) in [5.74, 6) is -2.98. The Labute approximate surface area is 200 Å². The standard InChI is InChI=1S/C25H25F3N2O5/c1-13-10-14(2)20(15(3)11-13)21-19(31)12-17(22(21)32)8-9-29-24(34)30-23(33)16-4-6-18(7-5-16)35-25(26,27)28/h4-7,10-11,17,21H,8-9,12H2,1-3H3,(H2,29,30,33,34). The lowest BCUT2D eigenvalue weighted by Crippen LogP contribution is -2.40. The Hall–Kier alpha value is -3.69. The number of Topliss-reactive ketones (excluding diaryl/α,β-unsaturated/α-hetero) is 2. The zero-order valence-corrected chi connectivity index (χ0v) is 19.4. The summed E-state index contributed by atoms with van der Waals surface area (Å²) in [5.41, 5.74) is 3.54. The molecule has 0 bridgehead atoms. The van der Waals surface area contributed by atoms with E-state index >= 15 is 0 Å². The zero-order valence-electron chi connectivity index (χ0n) is 19.4. The van der Waals surface area contributed by atoms with Crippen LogP contribution in [0, 0.1) is 26.7 Å². The van der Waals surface area contributed by atoms with E-state index in [0.29, 0.717) is 0 Å². The molecule has 0 spiro atoms. The molecule has 0 radical (unpaired) electrons. The molecule has 1 fully saturated rings. The maximum Gasteiger partial charge on any atom is 0.573 e. The summed E-state index contributed by atoms with van der Waals surface area (Å²) >= 11 is 0. The van der Waals surface area contributed by atoms with Crippen molar-refractivity contribution in [2.75, 3.05) is 6.54 Å². The van der Waals surface area contributed by atoms with Crippen LogP contribution in [0.3, 0.4) is 0 Å². The van der Waals surface area contributed by atoms with Crippen LogP contribution in [-0.2, 0) is 9.59 Å². The number of imide groups is 1. The van der Waals surface area contributed by atoms with Crippen molar-refractivity contribution in [1.29, 1.82) is 0 Å². The van der Waals surface area contributed by atoms with E-state index < -0.39 is 35.9 Å². The minimum atomic E-state index is -4.85. The molecule has 1 aliphatic carbocycles. The fourth-order valence-corrected chi connectivity index (χ4v) is 4.44. The van der Waals surface area contributed by atoms with Gasteiger partial charge < -0.3 is 10.1 Å². The molecule has 2 aromatic rings. The Morgan fingerprint density at radius 1 is 1.03 bits per heavy atom. The molecule has 1 saturated carbocycles. The molecule has 0 aliphatic heterocycles. The highest BCUT2D eigenvalue weighted by Gasteiger charge is 2.42. The molecule has 2 aromatic carbocycles. The molecule has 3 rings (SSSR count). The Morgan fingerprint density at radius 2 is 1.63 bits per heavy atom. The van der Waals surface area contributed by atoms with Gasteiger partial charge in [-0.15, -0.1) is 13.2 Å². The van der Waals surface area contributed by atoms with Crippen LogP contribution in [0.1, 0.15) is 51.4 Å². The van der Waals surface area contributed by atoms with Gasteiger partial charge in [0.2, 0.25) is 0 Å². The van der Waals surface area contributed by atoms with E-state index in [0.717, 1.165) is 46.5 Å². The molecular weight excluding hydrogens is 465 g/mol. The first-order chi connectivity index (χ1) is 16.4. The summed E-state index contributed by atoms with van der Waals surface area (Å²) in [5, 5.41) is 4.53. The van der Waals surface area contributed by atoms with E-state index in [9.17, 15) is 32.3 Å². The third kappa shape index (κ3) is 6.46. The van der Waals surface area contributed by atoms with E-state index in [1.807, 2.05) is 32.9 Å². The Balaban J connectivity index is 1.51. The van der Waals surface area contributed by atoms with Gasteiger partial charge in [0.25, 0.3) is 5.91 Å². The molecule has 0 aromatic heterocycles.